The van der Waals surface area contributed by atoms with Crippen molar-refractivity contribution in [2.75, 3.05) is 17.6 Å². The van der Waals surface area contributed by atoms with Crippen LogP contribution in [-0.4, -0.2) is 12.5 Å². The molecule has 1 amide bonds. The third-order valence-electron chi connectivity index (χ3n) is 3.04. The lowest BCUT2D eigenvalue weighted by atomic mass is 10.1. The molecule has 4 N–H and O–H groups in total. The number of carbonyl (C=O) groups is 1. The molecule has 21 heavy (non-hydrogen) atoms. The molecule has 110 valence electrons. The zero-order valence-electron chi connectivity index (χ0n) is 12.0. The van der Waals surface area contributed by atoms with Crippen LogP contribution >= 0.6 is 11.6 Å². The average molecular weight is 304 g/mol. The van der Waals surface area contributed by atoms with Gasteiger partial charge in [-0.3, -0.25) is 4.79 Å². The molecule has 0 bridgehead atoms. The minimum Gasteiger partial charge on any atom is -0.397 e. The second-order valence-corrected chi connectivity index (χ2v) is 5.18. The number of nitrogen functional groups attached to an aromatic ring is 1. The van der Waals surface area contributed by atoms with E-state index in [0.717, 1.165) is 11.3 Å². The molecule has 0 saturated carbocycles. The van der Waals surface area contributed by atoms with Gasteiger partial charge in [0.2, 0.25) is 0 Å². The van der Waals surface area contributed by atoms with E-state index < -0.39 is 0 Å². The van der Waals surface area contributed by atoms with Gasteiger partial charge < -0.3 is 16.4 Å². The summed E-state index contributed by atoms with van der Waals surface area (Å²) in [6.45, 7) is 4.44. The Balaban J connectivity index is 2.33. The Morgan fingerprint density at radius 3 is 2.67 bits per heavy atom. The van der Waals surface area contributed by atoms with E-state index in [4.69, 9.17) is 17.3 Å². The lowest BCUT2D eigenvalue weighted by Crippen LogP contribution is -2.22. The van der Waals surface area contributed by atoms with E-state index in [9.17, 15) is 4.79 Å². The number of carbonyl (C=O) groups excluding carboxylic acids is 1. The average Bonchev–Trinajstić information content (AvgIpc) is 2.45. The second kappa shape index (κ2) is 6.50. The van der Waals surface area contributed by atoms with Crippen molar-refractivity contribution in [2.45, 2.75) is 13.8 Å². The van der Waals surface area contributed by atoms with E-state index in [1.54, 1.807) is 18.2 Å². The molecule has 0 spiro atoms. The van der Waals surface area contributed by atoms with Gasteiger partial charge in [-0.25, -0.2) is 0 Å². The van der Waals surface area contributed by atoms with E-state index in [2.05, 4.69) is 10.6 Å². The first kappa shape index (κ1) is 15.2. The van der Waals surface area contributed by atoms with Gasteiger partial charge >= 0.3 is 0 Å². The van der Waals surface area contributed by atoms with Crippen molar-refractivity contribution in [3.05, 3.63) is 52.5 Å². The first-order valence-electron chi connectivity index (χ1n) is 6.72. The fraction of sp³-hybridized carbons (Fsp3) is 0.188. The second-order valence-electron chi connectivity index (χ2n) is 4.77. The van der Waals surface area contributed by atoms with E-state index >= 15 is 0 Å². The zero-order valence-corrected chi connectivity index (χ0v) is 12.8. The van der Waals surface area contributed by atoms with Crippen molar-refractivity contribution >= 4 is 34.6 Å². The van der Waals surface area contributed by atoms with Gasteiger partial charge in [-0.1, -0.05) is 17.7 Å². The normalized spacial score (nSPS) is 10.2. The Kier molecular flexibility index (Phi) is 4.70. The number of nitrogens with two attached hydrogens (primary N) is 1. The van der Waals surface area contributed by atoms with Crippen LogP contribution in [0.15, 0.2) is 36.4 Å². The molecule has 0 saturated heterocycles. The molecule has 0 unspecified atom stereocenters. The summed E-state index contributed by atoms with van der Waals surface area (Å²) in [5.74, 6) is -0.129. The fourth-order valence-electron chi connectivity index (χ4n) is 1.95. The van der Waals surface area contributed by atoms with Crippen LogP contribution in [0.4, 0.5) is 17.1 Å². The molecule has 0 atom stereocenters. The molecule has 0 aromatic heterocycles. The van der Waals surface area contributed by atoms with Crippen LogP contribution < -0.4 is 16.4 Å². The van der Waals surface area contributed by atoms with Crippen LogP contribution in [0.1, 0.15) is 22.8 Å². The first-order valence-corrected chi connectivity index (χ1v) is 7.10. The maximum absolute atomic E-state index is 11.9. The number of amides is 1. The number of rotatable bonds is 4. The minimum absolute atomic E-state index is 0.129. The summed E-state index contributed by atoms with van der Waals surface area (Å²) in [6, 6.07) is 10.8. The lowest BCUT2D eigenvalue weighted by Gasteiger charge is -2.13. The van der Waals surface area contributed by atoms with Gasteiger partial charge in [0.25, 0.3) is 5.91 Å². The summed E-state index contributed by atoms with van der Waals surface area (Å²) in [7, 11) is 0. The highest BCUT2D eigenvalue weighted by Crippen LogP contribution is 2.29. The molecule has 0 aliphatic heterocycles. The monoisotopic (exact) mass is 303 g/mol. The SMILES string of the molecule is CCNC(=O)c1ccc(N)c(Nc2cc(C)ccc2Cl)c1. The minimum atomic E-state index is -0.129. The van der Waals surface area contributed by atoms with E-state index in [1.807, 2.05) is 32.0 Å². The van der Waals surface area contributed by atoms with Crippen molar-refractivity contribution in [1.82, 2.24) is 5.32 Å². The van der Waals surface area contributed by atoms with Crippen LogP contribution in [0.5, 0.6) is 0 Å². The summed E-state index contributed by atoms with van der Waals surface area (Å²) in [4.78, 5) is 11.9. The Hall–Kier alpha value is -2.20. The molecular weight excluding hydrogens is 286 g/mol. The molecule has 0 aliphatic carbocycles. The molecule has 2 aromatic carbocycles. The van der Waals surface area contributed by atoms with Gasteiger partial charge in [-0.05, 0) is 49.7 Å². The molecule has 0 fully saturated rings. The van der Waals surface area contributed by atoms with Crippen molar-refractivity contribution in [2.24, 2.45) is 0 Å². The highest BCUT2D eigenvalue weighted by Gasteiger charge is 2.09. The van der Waals surface area contributed by atoms with Crippen molar-refractivity contribution in [3.63, 3.8) is 0 Å². The van der Waals surface area contributed by atoms with Gasteiger partial charge in [0, 0.05) is 12.1 Å². The largest absolute Gasteiger partial charge is 0.397 e. The van der Waals surface area contributed by atoms with Gasteiger partial charge in [0.15, 0.2) is 0 Å². The number of halogens is 1. The predicted octanol–water partition coefficient (Wildman–Crippen LogP) is 3.72. The summed E-state index contributed by atoms with van der Waals surface area (Å²) < 4.78 is 0. The summed E-state index contributed by atoms with van der Waals surface area (Å²) in [5, 5.41) is 6.54. The molecule has 4 nitrogen and oxygen atoms in total. The summed E-state index contributed by atoms with van der Waals surface area (Å²) in [6.07, 6.45) is 0. The Labute approximate surface area is 129 Å². The summed E-state index contributed by atoms with van der Waals surface area (Å²) in [5.41, 5.74) is 9.57. The number of hydrogen-bond donors (Lipinski definition) is 3. The van der Waals surface area contributed by atoms with Gasteiger partial charge in [-0.2, -0.15) is 0 Å². The predicted molar refractivity (Wildman–Crippen MR) is 88.3 cm³/mol. The molecule has 2 rings (SSSR count). The number of aryl methyl sites for hydroxylation is 1. The summed E-state index contributed by atoms with van der Waals surface area (Å²) >= 11 is 6.17. The highest BCUT2D eigenvalue weighted by molar-refractivity contribution is 6.33. The van der Waals surface area contributed by atoms with Crippen LogP contribution in [0, 0.1) is 6.92 Å². The topological polar surface area (TPSA) is 67.2 Å². The van der Waals surface area contributed by atoms with Gasteiger partial charge in [0.1, 0.15) is 0 Å². The van der Waals surface area contributed by atoms with E-state index in [-0.39, 0.29) is 5.91 Å². The number of nitrogens with one attached hydrogen (secondary N) is 2. The number of benzene rings is 2. The van der Waals surface area contributed by atoms with Crippen molar-refractivity contribution in [3.8, 4) is 0 Å². The van der Waals surface area contributed by atoms with Crippen LogP contribution in [0.3, 0.4) is 0 Å². The van der Waals surface area contributed by atoms with Gasteiger partial charge in [0.05, 0.1) is 22.1 Å². The van der Waals surface area contributed by atoms with E-state index in [0.29, 0.717) is 28.5 Å². The van der Waals surface area contributed by atoms with Gasteiger partial charge in [-0.15, -0.1) is 0 Å². The quantitative estimate of drug-likeness (QED) is 0.754. The molecule has 2 aromatic rings. The third-order valence-corrected chi connectivity index (χ3v) is 3.37. The smallest absolute Gasteiger partial charge is 0.251 e. The number of anilines is 3. The lowest BCUT2D eigenvalue weighted by molar-refractivity contribution is 0.0956. The Morgan fingerprint density at radius 2 is 1.95 bits per heavy atom. The number of hydrogen-bond acceptors (Lipinski definition) is 3. The van der Waals surface area contributed by atoms with Crippen molar-refractivity contribution in [1.29, 1.82) is 0 Å². The first-order chi connectivity index (χ1) is 10.0. The Morgan fingerprint density at radius 1 is 1.19 bits per heavy atom. The molecule has 0 radical (unpaired) electrons. The molecule has 0 aliphatic rings. The zero-order chi connectivity index (χ0) is 15.4. The van der Waals surface area contributed by atoms with Crippen molar-refractivity contribution < 1.29 is 4.79 Å². The molecular formula is C16H18ClN3O. The molecule has 5 heteroatoms. The van der Waals surface area contributed by atoms with Crippen LogP contribution in [-0.2, 0) is 0 Å². The Bertz CT molecular complexity index is 671. The fourth-order valence-corrected chi connectivity index (χ4v) is 2.11. The van der Waals surface area contributed by atoms with Crippen LogP contribution in [0.25, 0.3) is 0 Å². The maximum Gasteiger partial charge on any atom is 0.251 e. The highest BCUT2D eigenvalue weighted by atomic mass is 35.5. The third kappa shape index (κ3) is 3.67. The van der Waals surface area contributed by atoms with Crippen LogP contribution in [0.2, 0.25) is 5.02 Å². The molecule has 0 heterocycles. The van der Waals surface area contributed by atoms with E-state index in [1.165, 1.54) is 0 Å². The maximum atomic E-state index is 11.9. The standard InChI is InChI=1S/C16H18ClN3O/c1-3-19-16(21)11-5-7-13(18)15(9-11)20-14-8-10(2)4-6-12(14)17/h4-9,20H,3,18H2,1-2H3,(H,19,21).